The highest BCUT2D eigenvalue weighted by atomic mass is 35.5. The van der Waals surface area contributed by atoms with Crippen LogP contribution >= 0.6 is 11.6 Å². The predicted molar refractivity (Wildman–Crippen MR) is 75.7 cm³/mol. The summed E-state index contributed by atoms with van der Waals surface area (Å²) < 4.78 is 0. The molecule has 0 bridgehead atoms. The minimum Gasteiger partial charge on any atom is -0.481 e. The van der Waals surface area contributed by atoms with Gasteiger partial charge in [0.05, 0.1) is 11.4 Å². The van der Waals surface area contributed by atoms with Crippen LogP contribution in [0, 0.1) is 5.92 Å². The lowest BCUT2D eigenvalue weighted by Gasteiger charge is -2.14. The number of nitrogens with one attached hydrogen (secondary N) is 2. The van der Waals surface area contributed by atoms with Crippen LogP contribution in [-0.2, 0) is 9.59 Å². The Balaban J connectivity index is 2.89. The number of hydrogen-bond acceptors (Lipinski definition) is 3. The molecule has 104 valence electrons. The molecule has 1 rings (SSSR count). The Kier molecular flexibility index (Phi) is 5.63. The molecule has 1 aromatic carbocycles. The number of amides is 1. The molecule has 5 nitrogen and oxygen atoms in total. The third kappa shape index (κ3) is 4.44. The Morgan fingerprint density at radius 2 is 2.05 bits per heavy atom. The number of aliphatic carboxylic acids is 1. The maximum Gasteiger partial charge on any atom is 0.315 e. The molecule has 1 atom stereocenters. The van der Waals surface area contributed by atoms with Gasteiger partial charge >= 0.3 is 5.97 Å². The van der Waals surface area contributed by atoms with Crippen molar-refractivity contribution in [3.63, 3.8) is 0 Å². The highest BCUT2D eigenvalue weighted by Crippen LogP contribution is 2.26. The lowest BCUT2D eigenvalue weighted by molar-refractivity contribution is -0.144. The summed E-state index contributed by atoms with van der Waals surface area (Å²) in [6, 6.07) is 5.04. The summed E-state index contributed by atoms with van der Waals surface area (Å²) in [5.41, 5.74) is 1.20. The fourth-order valence-corrected chi connectivity index (χ4v) is 1.56. The van der Waals surface area contributed by atoms with E-state index < -0.39 is 17.8 Å². The first-order chi connectivity index (χ1) is 8.95. The molecule has 1 aromatic rings. The van der Waals surface area contributed by atoms with E-state index in [1.165, 1.54) is 6.92 Å². The first-order valence-corrected chi connectivity index (χ1v) is 6.40. The molecule has 3 N–H and O–H groups in total. The Bertz CT molecular complexity index is 477. The number of carboxylic acid groups (broad SMARTS) is 1. The number of rotatable bonds is 6. The van der Waals surface area contributed by atoms with Crippen molar-refractivity contribution >= 4 is 34.9 Å². The SMILES string of the molecule is CCCNc1ccc(Cl)cc1NC(=O)C(C)C(=O)O. The van der Waals surface area contributed by atoms with Crippen LogP contribution in [0.1, 0.15) is 20.3 Å². The molecule has 6 heteroatoms. The minimum atomic E-state index is -1.16. The fourth-order valence-electron chi connectivity index (χ4n) is 1.39. The van der Waals surface area contributed by atoms with Crippen LogP contribution in [0.4, 0.5) is 11.4 Å². The quantitative estimate of drug-likeness (QED) is 0.702. The molecular weight excluding hydrogens is 268 g/mol. The fraction of sp³-hybridized carbons (Fsp3) is 0.385. The monoisotopic (exact) mass is 284 g/mol. The van der Waals surface area contributed by atoms with Gasteiger partial charge in [0.1, 0.15) is 5.92 Å². The Hall–Kier alpha value is -1.75. The van der Waals surface area contributed by atoms with Crippen LogP contribution in [-0.4, -0.2) is 23.5 Å². The lowest BCUT2D eigenvalue weighted by Crippen LogP contribution is -2.27. The molecule has 1 amide bonds. The summed E-state index contributed by atoms with van der Waals surface area (Å²) in [5, 5.41) is 15.0. The normalized spacial score (nSPS) is 11.7. The largest absolute Gasteiger partial charge is 0.481 e. The minimum absolute atomic E-state index is 0.473. The van der Waals surface area contributed by atoms with Crippen molar-refractivity contribution < 1.29 is 14.7 Å². The van der Waals surface area contributed by atoms with Gasteiger partial charge in [-0.05, 0) is 31.5 Å². The van der Waals surface area contributed by atoms with Crippen molar-refractivity contribution in [1.29, 1.82) is 0 Å². The first kappa shape index (κ1) is 15.3. The third-order valence-corrected chi connectivity index (χ3v) is 2.80. The second-order valence-corrected chi connectivity index (χ2v) is 4.60. The van der Waals surface area contributed by atoms with Crippen molar-refractivity contribution in [3.05, 3.63) is 23.2 Å². The van der Waals surface area contributed by atoms with E-state index in [-0.39, 0.29) is 0 Å². The zero-order chi connectivity index (χ0) is 14.4. The molecule has 0 saturated carbocycles. The smallest absolute Gasteiger partial charge is 0.315 e. The summed E-state index contributed by atoms with van der Waals surface area (Å²) in [6.45, 7) is 4.11. The standard InChI is InChI=1S/C13H17ClN2O3/c1-3-6-15-10-5-4-9(14)7-11(10)16-12(17)8(2)13(18)19/h4-5,7-8,15H,3,6H2,1-2H3,(H,16,17)(H,18,19). The molecule has 0 radical (unpaired) electrons. The number of halogens is 1. The molecule has 0 aliphatic heterocycles. The summed E-state index contributed by atoms with van der Waals surface area (Å²) in [6.07, 6.45) is 0.932. The average Bonchev–Trinajstić information content (AvgIpc) is 2.36. The van der Waals surface area contributed by atoms with E-state index in [1.54, 1.807) is 18.2 Å². The van der Waals surface area contributed by atoms with E-state index in [2.05, 4.69) is 10.6 Å². The zero-order valence-corrected chi connectivity index (χ0v) is 11.6. The number of benzene rings is 1. The molecule has 0 aliphatic rings. The van der Waals surface area contributed by atoms with Gasteiger partial charge in [-0.2, -0.15) is 0 Å². The zero-order valence-electron chi connectivity index (χ0n) is 10.9. The van der Waals surface area contributed by atoms with Crippen LogP contribution in [0.2, 0.25) is 5.02 Å². The van der Waals surface area contributed by atoms with Crippen LogP contribution in [0.3, 0.4) is 0 Å². The van der Waals surface area contributed by atoms with E-state index >= 15 is 0 Å². The second-order valence-electron chi connectivity index (χ2n) is 4.17. The second kappa shape index (κ2) is 6.99. The topological polar surface area (TPSA) is 78.4 Å². The van der Waals surface area contributed by atoms with Gasteiger partial charge in [0.15, 0.2) is 0 Å². The van der Waals surface area contributed by atoms with Crippen molar-refractivity contribution in [2.75, 3.05) is 17.2 Å². The highest BCUT2D eigenvalue weighted by Gasteiger charge is 2.21. The molecule has 0 fully saturated rings. The van der Waals surface area contributed by atoms with E-state index in [0.717, 1.165) is 18.7 Å². The van der Waals surface area contributed by atoms with Crippen LogP contribution < -0.4 is 10.6 Å². The van der Waals surface area contributed by atoms with Gasteiger partial charge in [-0.1, -0.05) is 18.5 Å². The molecule has 0 spiro atoms. The van der Waals surface area contributed by atoms with Crippen LogP contribution in [0.15, 0.2) is 18.2 Å². The van der Waals surface area contributed by atoms with E-state index in [4.69, 9.17) is 16.7 Å². The summed E-state index contributed by atoms with van der Waals surface area (Å²) in [7, 11) is 0. The van der Waals surface area contributed by atoms with Crippen molar-refractivity contribution in [1.82, 2.24) is 0 Å². The number of carbonyl (C=O) groups excluding carboxylic acids is 1. The van der Waals surface area contributed by atoms with Gasteiger partial charge in [-0.3, -0.25) is 9.59 Å². The molecule has 19 heavy (non-hydrogen) atoms. The van der Waals surface area contributed by atoms with Gasteiger partial charge in [0.2, 0.25) is 5.91 Å². The molecule has 0 saturated heterocycles. The first-order valence-electron chi connectivity index (χ1n) is 6.02. The van der Waals surface area contributed by atoms with Crippen molar-refractivity contribution in [2.45, 2.75) is 20.3 Å². The van der Waals surface area contributed by atoms with Crippen LogP contribution in [0.5, 0.6) is 0 Å². The summed E-state index contributed by atoms with van der Waals surface area (Å²) in [5.74, 6) is -2.85. The summed E-state index contributed by atoms with van der Waals surface area (Å²) in [4.78, 5) is 22.5. The van der Waals surface area contributed by atoms with E-state index in [9.17, 15) is 9.59 Å². The number of carboxylic acids is 1. The van der Waals surface area contributed by atoms with Gasteiger partial charge in [0.25, 0.3) is 0 Å². The third-order valence-electron chi connectivity index (χ3n) is 2.57. The van der Waals surface area contributed by atoms with E-state index in [0.29, 0.717) is 10.7 Å². The Morgan fingerprint density at radius 3 is 2.63 bits per heavy atom. The molecular formula is C13H17ClN2O3. The summed E-state index contributed by atoms with van der Waals surface area (Å²) >= 11 is 5.88. The maximum atomic E-state index is 11.7. The molecule has 1 unspecified atom stereocenters. The molecule has 0 heterocycles. The average molecular weight is 285 g/mol. The maximum absolute atomic E-state index is 11.7. The van der Waals surface area contributed by atoms with Crippen molar-refractivity contribution in [2.24, 2.45) is 5.92 Å². The Labute approximate surface area is 117 Å². The number of carbonyl (C=O) groups is 2. The predicted octanol–water partition coefficient (Wildman–Crippen LogP) is 2.82. The van der Waals surface area contributed by atoms with Gasteiger partial charge in [-0.25, -0.2) is 0 Å². The number of anilines is 2. The van der Waals surface area contributed by atoms with E-state index in [1.807, 2.05) is 6.92 Å². The lowest BCUT2D eigenvalue weighted by atomic mass is 10.1. The number of hydrogen-bond donors (Lipinski definition) is 3. The van der Waals surface area contributed by atoms with Crippen molar-refractivity contribution in [3.8, 4) is 0 Å². The molecule has 0 aliphatic carbocycles. The van der Waals surface area contributed by atoms with Gasteiger partial charge in [-0.15, -0.1) is 0 Å². The molecule has 0 aromatic heterocycles. The highest BCUT2D eigenvalue weighted by molar-refractivity contribution is 6.31. The van der Waals surface area contributed by atoms with Gasteiger partial charge in [0, 0.05) is 11.6 Å². The van der Waals surface area contributed by atoms with Crippen LogP contribution in [0.25, 0.3) is 0 Å². The van der Waals surface area contributed by atoms with Gasteiger partial charge < -0.3 is 15.7 Å². The Morgan fingerprint density at radius 1 is 1.37 bits per heavy atom.